The molecule has 3 aromatic rings. The summed E-state index contributed by atoms with van der Waals surface area (Å²) in [5.41, 5.74) is 4.02. The van der Waals surface area contributed by atoms with Crippen molar-refractivity contribution in [2.45, 2.75) is 19.3 Å². The highest BCUT2D eigenvalue weighted by Gasteiger charge is 2.24. The molecule has 2 amide bonds. The number of benzene rings is 3. The molecule has 0 unspecified atom stereocenters. The molecule has 4 nitrogen and oxygen atoms in total. The molecule has 0 saturated heterocycles. The number of aryl methyl sites for hydroxylation is 1. The topological polar surface area (TPSA) is 49.4 Å². The van der Waals surface area contributed by atoms with Crippen molar-refractivity contribution in [1.82, 2.24) is 5.32 Å². The molecule has 152 valence electrons. The van der Waals surface area contributed by atoms with Crippen LogP contribution in [0.15, 0.2) is 72.8 Å². The van der Waals surface area contributed by atoms with Gasteiger partial charge in [0.1, 0.15) is 5.82 Å². The molecule has 30 heavy (non-hydrogen) atoms. The van der Waals surface area contributed by atoms with Crippen LogP contribution in [0, 0.1) is 5.82 Å². The first-order chi connectivity index (χ1) is 14.6. The maximum Gasteiger partial charge on any atom is 0.258 e. The highest BCUT2D eigenvalue weighted by atomic mass is 19.1. The van der Waals surface area contributed by atoms with Crippen molar-refractivity contribution < 1.29 is 14.0 Å². The van der Waals surface area contributed by atoms with Crippen LogP contribution in [0.25, 0.3) is 0 Å². The number of hydrogen-bond donors (Lipinski definition) is 1. The van der Waals surface area contributed by atoms with E-state index in [0.29, 0.717) is 24.2 Å². The third-order valence-corrected chi connectivity index (χ3v) is 5.34. The number of amides is 2. The highest BCUT2D eigenvalue weighted by molar-refractivity contribution is 6.07. The van der Waals surface area contributed by atoms with Crippen molar-refractivity contribution in [2.75, 3.05) is 18.0 Å². The fourth-order valence-corrected chi connectivity index (χ4v) is 3.76. The quantitative estimate of drug-likeness (QED) is 0.688. The minimum atomic E-state index is -0.367. The van der Waals surface area contributed by atoms with Crippen molar-refractivity contribution in [1.29, 1.82) is 0 Å². The molecule has 0 atom stereocenters. The zero-order chi connectivity index (χ0) is 20.9. The second-order valence-electron chi connectivity index (χ2n) is 7.40. The van der Waals surface area contributed by atoms with Crippen LogP contribution < -0.4 is 10.2 Å². The van der Waals surface area contributed by atoms with Crippen molar-refractivity contribution in [2.24, 2.45) is 0 Å². The lowest BCUT2D eigenvalue weighted by Gasteiger charge is -2.30. The first-order valence-electron chi connectivity index (χ1n) is 10.1. The number of carbonyl (C=O) groups is 2. The number of hydrogen-bond acceptors (Lipinski definition) is 2. The van der Waals surface area contributed by atoms with Crippen LogP contribution in [0.1, 0.15) is 38.3 Å². The molecule has 1 aliphatic heterocycles. The van der Waals surface area contributed by atoms with Crippen LogP contribution >= 0.6 is 0 Å². The predicted octanol–water partition coefficient (Wildman–Crippen LogP) is 4.39. The van der Waals surface area contributed by atoms with Crippen LogP contribution in [-0.2, 0) is 12.8 Å². The van der Waals surface area contributed by atoms with E-state index in [-0.39, 0.29) is 17.6 Å². The molecule has 4 rings (SSSR count). The second kappa shape index (κ2) is 8.91. The monoisotopic (exact) mass is 402 g/mol. The molecule has 1 heterocycles. The molecule has 0 spiro atoms. The molecule has 1 aliphatic rings. The number of halogens is 1. The summed E-state index contributed by atoms with van der Waals surface area (Å²) in [6.07, 6.45) is 2.41. The Balaban J connectivity index is 1.45. The summed E-state index contributed by atoms with van der Waals surface area (Å²) >= 11 is 0. The fourth-order valence-electron chi connectivity index (χ4n) is 3.76. The van der Waals surface area contributed by atoms with Gasteiger partial charge >= 0.3 is 0 Å². The van der Waals surface area contributed by atoms with Gasteiger partial charge in [-0.25, -0.2) is 4.39 Å². The van der Waals surface area contributed by atoms with Crippen LogP contribution in [0.4, 0.5) is 10.1 Å². The van der Waals surface area contributed by atoms with Gasteiger partial charge in [0.05, 0.1) is 0 Å². The largest absolute Gasteiger partial charge is 0.352 e. The smallest absolute Gasteiger partial charge is 0.258 e. The van der Waals surface area contributed by atoms with Gasteiger partial charge in [-0.1, -0.05) is 30.3 Å². The molecule has 5 heteroatoms. The molecule has 0 radical (unpaired) electrons. The van der Waals surface area contributed by atoms with Crippen molar-refractivity contribution in [3.8, 4) is 0 Å². The van der Waals surface area contributed by atoms with Gasteiger partial charge in [0.2, 0.25) is 0 Å². The Hall–Kier alpha value is -3.47. The van der Waals surface area contributed by atoms with E-state index in [1.54, 1.807) is 11.0 Å². The van der Waals surface area contributed by atoms with E-state index in [1.165, 1.54) is 29.8 Å². The molecular formula is C25H23FN2O2. The van der Waals surface area contributed by atoms with Gasteiger partial charge in [0.15, 0.2) is 0 Å². The highest BCUT2D eigenvalue weighted by Crippen LogP contribution is 2.29. The maximum atomic E-state index is 13.2. The van der Waals surface area contributed by atoms with E-state index in [1.807, 2.05) is 42.5 Å². The molecule has 0 aliphatic carbocycles. The summed E-state index contributed by atoms with van der Waals surface area (Å²) in [6, 6.07) is 21.1. The van der Waals surface area contributed by atoms with E-state index < -0.39 is 0 Å². The first-order valence-corrected chi connectivity index (χ1v) is 10.1. The van der Waals surface area contributed by atoms with Crippen LogP contribution in [-0.4, -0.2) is 24.9 Å². The van der Waals surface area contributed by atoms with Crippen molar-refractivity contribution in [3.63, 3.8) is 0 Å². The molecule has 3 aromatic carbocycles. The van der Waals surface area contributed by atoms with E-state index in [4.69, 9.17) is 0 Å². The zero-order valence-electron chi connectivity index (χ0n) is 16.6. The summed E-state index contributed by atoms with van der Waals surface area (Å²) in [7, 11) is 0. The number of rotatable bonds is 5. The standard InChI is InChI=1S/C25H23FN2O2/c26-22-11-8-19(9-12-22)25(30)28-16-4-7-20-17-21(10-13-23(20)28)24(29)27-15-14-18-5-2-1-3-6-18/h1-3,5-6,8-13,17H,4,7,14-16H2,(H,27,29). The Bertz CT molecular complexity index is 1050. The summed E-state index contributed by atoms with van der Waals surface area (Å²) < 4.78 is 13.2. The van der Waals surface area contributed by atoms with E-state index in [9.17, 15) is 14.0 Å². The fraction of sp³-hybridized carbons (Fsp3) is 0.200. The van der Waals surface area contributed by atoms with Gasteiger partial charge in [-0.2, -0.15) is 0 Å². The summed E-state index contributed by atoms with van der Waals surface area (Å²) in [5, 5.41) is 2.96. The Morgan fingerprint density at radius 2 is 1.67 bits per heavy atom. The van der Waals surface area contributed by atoms with Gasteiger partial charge in [-0.15, -0.1) is 0 Å². The normalized spacial score (nSPS) is 12.9. The van der Waals surface area contributed by atoms with E-state index in [0.717, 1.165) is 30.5 Å². The minimum Gasteiger partial charge on any atom is -0.352 e. The number of carbonyl (C=O) groups excluding carboxylic acids is 2. The number of nitrogens with one attached hydrogen (secondary N) is 1. The lowest BCUT2D eigenvalue weighted by Crippen LogP contribution is -2.35. The predicted molar refractivity (Wildman–Crippen MR) is 115 cm³/mol. The van der Waals surface area contributed by atoms with Crippen molar-refractivity contribution in [3.05, 3.63) is 101 Å². The Morgan fingerprint density at radius 1 is 0.933 bits per heavy atom. The Morgan fingerprint density at radius 3 is 2.43 bits per heavy atom. The number of anilines is 1. The van der Waals surface area contributed by atoms with Crippen LogP contribution in [0.5, 0.6) is 0 Å². The van der Waals surface area contributed by atoms with Crippen LogP contribution in [0.3, 0.4) is 0 Å². The zero-order valence-corrected chi connectivity index (χ0v) is 16.6. The average Bonchev–Trinajstić information content (AvgIpc) is 2.79. The molecular weight excluding hydrogens is 379 g/mol. The lowest BCUT2D eigenvalue weighted by molar-refractivity contribution is 0.0953. The third kappa shape index (κ3) is 4.40. The van der Waals surface area contributed by atoms with Gasteiger partial charge in [0.25, 0.3) is 11.8 Å². The third-order valence-electron chi connectivity index (χ3n) is 5.34. The minimum absolute atomic E-state index is 0.115. The average molecular weight is 402 g/mol. The van der Waals surface area contributed by atoms with Gasteiger partial charge in [0, 0.05) is 29.9 Å². The summed E-state index contributed by atoms with van der Waals surface area (Å²) in [4.78, 5) is 27.2. The molecule has 1 N–H and O–H groups in total. The summed E-state index contributed by atoms with van der Waals surface area (Å²) in [6.45, 7) is 1.17. The van der Waals surface area contributed by atoms with Gasteiger partial charge < -0.3 is 10.2 Å². The van der Waals surface area contributed by atoms with Crippen LogP contribution in [0.2, 0.25) is 0 Å². The maximum absolute atomic E-state index is 13.2. The first kappa shape index (κ1) is 19.8. The van der Waals surface area contributed by atoms with E-state index >= 15 is 0 Å². The molecule has 0 bridgehead atoms. The van der Waals surface area contributed by atoms with E-state index in [2.05, 4.69) is 5.32 Å². The number of nitrogens with zero attached hydrogens (tertiary/aromatic N) is 1. The Kier molecular flexibility index (Phi) is 5.89. The van der Waals surface area contributed by atoms with Crippen molar-refractivity contribution >= 4 is 17.5 Å². The summed E-state index contributed by atoms with van der Waals surface area (Å²) in [5.74, 6) is -0.639. The van der Waals surface area contributed by atoms with Gasteiger partial charge in [-0.3, -0.25) is 9.59 Å². The molecule has 0 saturated carbocycles. The van der Waals surface area contributed by atoms with Gasteiger partial charge in [-0.05, 0) is 72.9 Å². The lowest BCUT2D eigenvalue weighted by atomic mass is 9.98. The Labute approximate surface area is 175 Å². The second-order valence-corrected chi connectivity index (χ2v) is 7.40. The number of fused-ring (bicyclic) bond motifs is 1. The molecule has 0 fully saturated rings. The molecule has 0 aromatic heterocycles. The SMILES string of the molecule is O=C(NCCc1ccccc1)c1ccc2c(c1)CCCN2C(=O)c1ccc(F)cc1.